The van der Waals surface area contributed by atoms with Crippen LogP contribution in [0.5, 0.6) is 5.75 Å². The van der Waals surface area contributed by atoms with Crippen molar-refractivity contribution in [1.82, 2.24) is 9.88 Å². The Labute approximate surface area is 152 Å². The largest absolute Gasteiger partial charge is 0.489 e. The third-order valence-corrected chi connectivity index (χ3v) is 4.20. The number of pyridine rings is 1. The number of nitrogens with zero attached hydrogens (tertiary/aromatic N) is 3. The summed E-state index contributed by atoms with van der Waals surface area (Å²) in [6, 6.07) is 9.83. The summed E-state index contributed by atoms with van der Waals surface area (Å²) in [5.41, 5.74) is 0.510. The number of carbonyl (C=O) groups is 1. The molecule has 0 radical (unpaired) electrons. The van der Waals surface area contributed by atoms with Crippen molar-refractivity contribution in [3.63, 3.8) is 0 Å². The Hall–Kier alpha value is -2.67. The lowest BCUT2D eigenvalue weighted by Gasteiger charge is -2.27. The van der Waals surface area contributed by atoms with Gasteiger partial charge in [0.15, 0.2) is 11.6 Å². The molecule has 1 fully saturated rings. The first-order valence-electron chi connectivity index (χ1n) is 8.56. The maximum Gasteiger partial charge on any atom is 0.255 e. The van der Waals surface area contributed by atoms with Gasteiger partial charge in [-0.3, -0.25) is 4.79 Å². The van der Waals surface area contributed by atoms with Gasteiger partial charge in [-0.2, -0.15) is 0 Å². The van der Waals surface area contributed by atoms with Gasteiger partial charge in [-0.15, -0.1) is 0 Å². The first kappa shape index (κ1) is 18.1. The molecule has 7 heteroatoms. The molecule has 1 saturated heterocycles. The van der Waals surface area contributed by atoms with E-state index in [4.69, 9.17) is 9.47 Å². The van der Waals surface area contributed by atoms with E-state index < -0.39 is 5.82 Å². The maximum atomic E-state index is 13.5. The molecule has 26 heavy (non-hydrogen) atoms. The van der Waals surface area contributed by atoms with Crippen molar-refractivity contribution >= 4 is 11.7 Å². The molecule has 1 aromatic heterocycles. The Morgan fingerprint density at radius 1 is 1.27 bits per heavy atom. The fraction of sp³-hybridized carbons (Fsp3) is 0.368. The van der Waals surface area contributed by atoms with Crippen LogP contribution < -0.4 is 9.64 Å². The normalized spacial score (nSPS) is 14.2. The summed E-state index contributed by atoms with van der Waals surface area (Å²) < 4.78 is 24.2. The number of aromatic nitrogens is 1. The zero-order valence-electron chi connectivity index (χ0n) is 14.7. The van der Waals surface area contributed by atoms with Gasteiger partial charge in [0.25, 0.3) is 5.91 Å². The van der Waals surface area contributed by atoms with E-state index in [-0.39, 0.29) is 18.3 Å². The van der Waals surface area contributed by atoms with Gasteiger partial charge in [0.1, 0.15) is 12.4 Å². The smallest absolute Gasteiger partial charge is 0.255 e. The molecule has 0 spiro atoms. The molecule has 2 heterocycles. The second kappa shape index (κ2) is 8.62. The van der Waals surface area contributed by atoms with Gasteiger partial charge in [-0.25, -0.2) is 9.37 Å². The van der Waals surface area contributed by atoms with Crippen LogP contribution in [-0.4, -0.2) is 62.3 Å². The van der Waals surface area contributed by atoms with Gasteiger partial charge in [-0.05, 0) is 24.3 Å². The fourth-order valence-corrected chi connectivity index (χ4v) is 2.67. The van der Waals surface area contributed by atoms with Crippen molar-refractivity contribution in [3.8, 4) is 5.75 Å². The molecular formula is C19H22FN3O3. The average molecular weight is 359 g/mol. The molecule has 1 aliphatic heterocycles. The highest BCUT2D eigenvalue weighted by Crippen LogP contribution is 2.16. The summed E-state index contributed by atoms with van der Waals surface area (Å²) in [5.74, 6) is 0.466. The molecule has 0 N–H and O–H groups in total. The maximum absolute atomic E-state index is 13.5. The molecule has 0 aliphatic carbocycles. The van der Waals surface area contributed by atoms with Gasteiger partial charge in [0.2, 0.25) is 0 Å². The number of ether oxygens (including phenoxy) is 2. The third kappa shape index (κ3) is 4.49. The summed E-state index contributed by atoms with van der Waals surface area (Å²) in [6.07, 6.45) is 1.58. The van der Waals surface area contributed by atoms with Crippen molar-refractivity contribution in [1.29, 1.82) is 0 Å². The number of amides is 1. The standard InChI is InChI=1S/C19H22FN3O3/c1-22(8-13-26-17-5-3-2-4-16(17)20)19(24)15-6-7-18(21-14-15)23-9-11-25-12-10-23/h2-7,14H,8-13H2,1H3. The number of anilines is 1. The molecule has 1 aliphatic rings. The highest BCUT2D eigenvalue weighted by molar-refractivity contribution is 5.93. The van der Waals surface area contributed by atoms with Crippen molar-refractivity contribution in [2.45, 2.75) is 0 Å². The zero-order chi connectivity index (χ0) is 18.4. The highest BCUT2D eigenvalue weighted by atomic mass is 19.1. The van der Waals surface area contributed by atoms with E-state index in [0.29, 0.717) is 25.3 Å². The minimum absolute atomic E-state index is 0.150. The lowest BCUT2D eigenvalue weighted by molar-refractivity contribution is 0.0772. The van der Waals surface area contributed by atoms with E-state index >= 15 is 0 Å². The molecule has 0 saturated carbocycles. The zero-order valence-corrected chi connectivity index (χ0v) is 14.7. The predicted octanol–water partition coefficient (Wildman–Crippen LogP) is 2.21. The molecule has 138 valence electrons. The van der Waals surface area contributed by atoms with E-state index in [1.54, 1.807) is 37.5 Å². The number of halogens is 1. The van der Waals surface area contributed by atoms with Crippen LogP contribution in [-0.2, 0) is 4.74 Å². The van der Waals surface area contributed by atoms with Crippen LogP contribution in [0.3, 0.4) is 0 Å². The lowest BCUT2D eigenvalue weighted by atomic mass is 10.2. The van der Waals surface area contributed by atoms with E-state index in [9.17, 15) is 9.18 Å². The number of hydrogen-bond acceptors (Lipinski definition) is 5. The van der Waals surface area contributed by atoms with Crippen LogP contribution in [0.1, 0.15) is 10.4 Å². The Morgan fingerprint density at radius 3 is 2.73 bits per heavy atom. The van der Waals surface area contributed by atoms with Gasteiger partial charge < -0.3 is 19.3 Å². The van der Waals surface area contributed by atoms with Crippen LogP contribution >= 0.6 is 0 Å². The van der Waals surface area contributed by atoms with Crippen LogP contribution in [0.25, 0.3) is 0 Å². The number of para-hydroxylation sites is 1. The average Bonchev–Trinajstić information content (AvgIpc) is 2.69. The van der Waals surface area contributed by atoms with E-state index in [0.717, 1.165) is 18.9 Å². The first-order valence-corrected chi connectivity index (χ1v) is 8.56. The molecule has 0 atom stereocenters. The molecule has 0 bridgehead atoms. The number of rotatable bonds is 6. The van der Waals surface area contributed by atoms with E-state index in [1.165, 1.54) is 11.0 Å². The summed E-state index contributed by atoms with van der Waals surface area (Å²) in [6.45, 7) is 3.53. The second-order valence-electron chi connectivity index (χ2n) is 6.01. The van der Waals surface area contributed by atoms with Crippen LogP contribution in [0.2, 0.25) is 0 Å². The van der Waals surface area contributed by atoms with Crippen LogP contribution in [0.4, 0.5) is 10.2 Å². The van der Waals surface area contributed by atoms with Crippen molar-refractivity contribution < 1.29 is 18.7 Å². The highest BCUT2D eigenvalue weighted by Gasteiger charge is 2.15. The molecule has 6 nitrogen and oxygen atoms in total. The number of carbonyl (C=O) groups excluding carboxylic acids is 1. The summed E-state index contributed by atoms with van der Waals surface area (Å²) in [4.78, 5) is 20.5. The first-order chi connectivity index (χ1) is 12.6. The molecular weight excluding hydrogens is 337 g/mol. The minimum atomic E-state index is -0.413. The summed E-state index contributed by atoms with van der Waals surface area (Å²) >= 11 is 0. The minimum Gasteiger partial charge on any atom is -0.489 e. The van der Waals surface area contributed by atoms with Gasteiger partial charge in [0, 0.05) is 26.3 Å². The predicted molar refractivity (Wildman–Crippen MR) is 96.1 cm³/mol. The summed E-state index contributed by atoms with van der Waals surface area (Å²) in [5, 5.41) is 0. The Morgan fingerprint density at radius 2 is 2.04 bits per heavy atom. The van der Waals surface area contributed by atoms with Crippen molar-refractivity contribution in [3.05, 3.63) is 54.0 Å². The quantitative estimate of drug-likeness (QED) is 0.792. The Bertz CT molecular complexity index is 733. The Kier molecular flexibility index (Phi) is 6.01. The van der Waals surface area contributed by atoms with Crippen LogP contribution in [0.15, 0.2) is 42.6 Å². The van der Waals surface area contributed by atoms with Crippen molar-refractivity contribution in [2.24, 2.45) is 0 Å². The molecule has 1 aromatic carbocycles. The number of likely N-dealkylation sites (N-methyl/N-ethyl adjacent to an activating group) is 1. The number of morpholine rings is 1. The van der Waals surface area contributed by atoms with Crippen LogP contribution in [0, 0.1) is 5.82 Å². The lowest BCUT2D eigenvalue weighted by Crippen LogP contribution is -2.36. The molecule has 2 aromatic rings. The number of hydrogen-bond donors (Lipinski definition) is 0. The molecule has 1 amide bonds. The SMILES string of the molecule is CN(CCOc1ccccc1F)C(=O)c1ccc(N2CCOCC2)nc1. The third-order valence-electron chi connectivity index (χ3n) is 4.20. The van der Waals surface area contributed by atoms with Crippen molar-refractivity contribution in [2.75, 3.05) is 51.4 Å². The topological polar surface area (TPSA) is 54.9 Å². The van der Waals surface area contributed by atoms with Gasteiger partial charge in [-0.1, -0.05) is 12.1 Å². The monoisotopic (exact) mass is 359 g/mol. The molecule has 0 unspecified atom stereocenters. The van der Waals surface area contributed by atoms with Gasteiger partial charge in [0.05, 0.1) is 25.3 Å². The Balaban J connectivity index is 1.52. The van der Waals surface area contributed by atoms with E-state index in [2.05, 4.69) is 9.88 Å². The number of benzene rings is 1. The second-order valence-corrected chi connectivity index (χ2v) is 6.01. The fourth-order valence-electron chi connectivity index (χ4n) is 2.67. The van der Waals surface area contributed by atoms with Gasteiger partial charge >= 0.3 is 0 Å². The molecule has 3 rings (SSSR count). The van der Waals surface area contributed by atoms with E-state index in [1.807, 2.05) is 6.07 Å². The summed E-state index contributed by atoms with van der Waals surface area (Å²) in [7, 11) is 1.68.